The van der Waals surface area contributed by atoms with E-state index in [4.69, 9.17) is 9.16 Å². The Morgan fingerprint density at radius 1 is 1.35 bits per heavy atom. The molecule has 3 nitrogen and oxygen atoms in total. The fourth-order valence-corrected chi connectivity index (χ4v) is 2.47. The van der Waals surface area contributed by atoms with E-state index in [1.807, 2.05) is 6.08 Å². The molecule has 0 radical (unpaired) electrons. The molecule has 17 heavy (non-hydrogen) atoms. The van der Waals surface area contributed by atoms with E-state index in [1.165, 1.54) is 0 Å². The van der Waals surface area contributed by atoms with Crippen molar-refractivity contribution in [2.24, 2.45) is 0 Å². The Morgan fingerprint density at radius 3 is 2.47 bits per heavy atom. The molecule has 1 aliphatic heterocycles. The molecule has 0 spiro atoms. The average Bonchev–Trinajstić information content (AvgIpc) is 2.19. The largest absolute Gasteiger partial charge is 0.417 e. The number of rotatable bonds is 4. The van der Waals surface area contributed by atoms with Crippen molar-refractivity contribution in [2.45, 2.75) is 57.5 Å². The number of aliphatic hydroxyl groups excluding tert-OH is 1. The van der Waals surface area contributed by atoms with E-state index in [0.717, 1.165) is 13.0 Å². The van der Waals surface area contributed by atoms with Gasteiger partial charge in [-0.2, -0.15) is 0 Å². The van der Waals surface area contributed by atoms with Crippen molar-refractivity contribution in [3.05, 3.63) is 12.2 Å². The Morgan fingerprint density at radius 2 is 2.00 bits per heavy atom. The molecule has 2 atom stereocenters. The summed E-state index contributed by atoms with van der Waals surface area (Å²) in [7, 11) is -1.63. The van der Waals surface area contributed by atoms with Crippen LogP contribution in [-0.4, -0.2) is 38.8 Å². The first-order chi connectivity index (χ1) is 7.72. The maximum Gasteiger partial charge on any atom is 0.191 e. The Balaban J connectivity index is 2.31. The van der Waals surface area contributed by atoms with Gasteiger partial charge in [-0.05, 0) is 24.6 Å². The Bertz CT molecular complexity index is 268. The molecule has 1 rings (SSSR count). The third kappa shape index (κ3) is 4.54. The van der Waals surface area contributed by atoms with Crippen LogP contribution in [0.15, 0.2) is 12.2 Å². The Kier molecular flexibility index (Phi) is 4.95. The van der Waals surface area contributed by atoms with Crippen LogP contribution in [-0.2, 0) is 9.16 Å². The fraction of sp³-hybridized carbons (Fsp3) is 0.846. The number of ether oxygens (including phenoxy) is 1. The Hall–Kier alpha value is -0.163. The van der Waals surface area contributed by atoms with E-state index in [9.17, 15) is 5.11 Å². The highest BCUT2D eigenvalue weighted by Crippen LogP contribution is 2.36. The van der Waals surface area contributed by atoms with Crippen LogP contribution in [0, 0.1) is 0 Å². The van der Waals surface area contributed by atoms with Crippen molar-refractivity contribution >= 4 is 8.32 Å². The van der Waals surface area contributed by atoms with Crippen molar-refractivity contribution < 1.29 is 14.3 Å². The van der Waals surface area contributed by atoms with Gasteiger partial charge in [-0.3, -0.25) is 0 Å². The monoisotopic (exact) mass is 258 g/mol. The van der Waals surface area contributed by atoms with E-state index >= 15 is 0 Å². The van der Waals surface area contributed by atoms with Gasteiger partial charge < -0.3 is 14.3 Å². The van der Waals surface area contributed by atoms with Gasteiger partial charge in [0.2, 0.25) is 0 Å². The van der Waals surface area contributed by atoms with Gasteiger partial charge in [0.1, 0.15) is 0 Å². The van der Waals surface area contributed by atoms with E-state index in [0.29, 0.717) is 6.61 Å². The lowest BCUT2D eigenvalue weighted by atomic mass is 10.2. The fourth-order valence-electron chi connectivity index (χ4n) is 1.41. The van der Waals surface area contributed by atoms with Crippen LogP contribution in [0.4, 0.5) is 0 Å². The zero-order chi connectivity index (χ0) is 13.1. The van der Waals surface area contributed by atoms with E-state index in [1.54, 1.807) is 6.08 Å². The topological polar surface area (TPSA) is 38.7 Å². The minimum Gasteiger partial charge on any atom is -0.417 e. The van der Waals surface area contributed by atoms with E-state index in [-0.39, 0.29) is 11.1 Å². The summed E-state index contributed by atoms with van der Waals surface area (Å²) < 4.78 is 11.6. The zero-order valence-electron chi connectivity index (χ0n) is 11.7. The van der Waals surface area contributed by atoms with Crippen LogP contribution >= 0.6 is 0 Å². The molecule has 0 fully saturated rings. The van der Waals surface area contributed by atoms with Gasteiger partial charge in [0, 0.05) is 6.61 Å². The molecule has 1 heterocycles. The minimum absolute atomic E-state index is 0.100. The SMILES string of the molecule is CC(C)(C)[Si](C)(C)OCC[C@H]1C=C[C@H](O)CO1. The van der Waals surface area contributed by atoms with Gasteiger partial charge in [-0.25, -0.2) is 0 Å². The molecule has 0 bridgehead atoms. The summed E-state index contributed by atoms with van der Waals surface area (Å²) >= 11 is 0. The van der Waals surface area contributed by atoms with Crippen LogP contribution in [0.1, 0.15) is 27.2 Å². The first kappa shape index (κ1) is 14.9. The highest BCUT2D eigenvalue weighted by atomic mass is 28.4. The van der Waals surface area contributed by atoms with Crippen molar-refractivity contribution in [1.82, 2.24) is 0 Å². The molecule has 1 N–H and O–H groups in total. The summed E-state index contributed by atoms with van der Waals surface area (Å²) in [6.07, 6.45) is 4.27. The van der Waals surface area contributed by atoms with Crippen LogP contribution in [0.25, 0.3) is 0 Å². The molecule has 0 aliphatic carbocycles. The summed E-state index contributed by atoms with van der Waals surface area (Å²) in [5.41, 5.74) is 0. The molecule has 0 saturated carbocycles. The lowest BCUT2D eigenvalue weighted by Crippen LogP contribution is -2.41. The van der Waals surface area contributed by atoms with Crippen molar-refractivity contribution in [3.63, 3.8) is 0 Å². The van der Waals surface area contributed by atoms with Crippen molar-refractivity contribution in [1.29, 1.82) is 0 Å². The second-order valence-corrected chi connectivity index (χ2v) is 11.0. The number of aliphatic hydroxyl groups is 1. The van der Waals surface area contributed by atoms with Gasteiger partial charge in [0.05, 0.1) is 18.8 Å². The molecule has 0 aromatic rings. The van der Waals surface area contributed by atoms with Crippen molar-refractivity contribution in [2.75, 3.05) is 13.2 Å². The van der Waals surface area contributed by atoms with E-state index in [2.05, 4.69) is 33.9 Å². The molecule has 100 valence electrons. The van der Waals surface area contributed by atoms with Crippen LogP contribution < -0.4 is 0 Å². The Labute approximate surface area is 106 Å². The third-order valence-corrected chi connectivity index (χ3v) is 8.24. The third-order valence-electron chi connectivity index (χ3n) is 3.70. The summed E-state index contributed by atoms with van der Waals surface area (Å²) in [6.45, 7) is 12.4. The van der Waals surface area contributed by atoms with Gasteiger partial charge in [0.15, 0.2) is 8.32 Å². The first-order valence-electron chi connectivity index (χ1n) is 6.34. The van der Waals surface area contributed by atoms with Gasteiger partial charge in [-0.1, -0.05) is 32.9 Å². The highest BCUT2D eigenvalue weighted by Gasteiger charge is 2.37. The lowest BCUT2D eigenvalue weighted by Gasteiger charge is -2.36. The van der Waals surface area contributed by atoms with Crippen LogP contribution in [0.5, 0.6) is 0 Å². The summed E-state index contributed by atoms with van der Waals surface area (Å²) in [6, 6.07) is 0. The van der Waals surface area contributed by atoms with Gasteiger partial charge in [0.25, 0.3) is 0 Å². The predicted molar refractivity (Wildman–Crippen MR) is 72.7 cm³/mol. The molecular weight excluding hydrogens is 232 g/mol. The summed E-state index contributed by atoms with van der Waals surface area (Å²) in [5, 5.41) is 9.51. The first-order valence-corrected chi connectivity index (χ1v) is 9.25. The van der Waals surface area contributed by atoms with Crippen LogP contribution in [0.3, 0.4) is 0 Å². The van der Waals surface area contributed by atoms with E-state index < -0.39 is 14.4 Å². The predicted octanol–water partition coefficient (Wildman–Crippen LogP) is 2.71. The number of hydrogen-bond acceptors (Lipinski definition) is 3. The second-order valence-electron chi connectivity index (χ2n) is 6.22. The molecule has 0 aromatic heterocycles. The highest BCUT2D eigenvalue weighted by molar-refractivity contribution is 6.74. The minimum atomic E-state index is -1.63. The van der Waals surface area contributed by atoms with Gasteiger partial charge >= 0.3 is 0 Å². The maximum absolute atomic E-state index is 9.25. The number of hydrogen-bond donors (Lipinski definition) is 1. The van der Waals surface area contributed by atoms with Gasteiger partial charge in [-0.15, -0.1) is 0 Å². The smallest absolute Gasteiger partial charge is 0.191 e. The molecule has 0 unspecified atom stereocenters. The molecule has 4 heteroatoms. The summed E-state index contributed by atoms with van der Waals surface area (Å²) in [4.78, 5) is 0. The molecule has 0 aromatic carbocycles. The molecule has 0 amide bonds. The average molecular weight is 258 g/mol. The maximum atomic E-state index is 9.25. The summed E-state index contributed by atoms with van der Waals surface area (Å²) in [5.74, 6) is 0. The van der Waals surface area contributed by atoms with Crippen molar-refractivity contribution in [3.8, 4) is 0 Å². The molecule has 1 aliphatic rings. The lowest BCUT2D eigenvalue weighted by molar-refractivity contribution is 0.00642. The van der Waals surface area contributed by atoms with Crippen LogP contribution in [0.2, 0.25) is 18.1 Å². The normalized spacial score (nSPS) is 26.2. The zero-order valence-corrected chi connectivity index (χ0v) is 12.7. The molecular formula is C13H26O3Si. The standard InChI is InChI=1S/C13H26O3Si/c1-13(2,3)17(4,5)16-9-8-12-7-6-11(14)10-15-12/h6-7,11-12,14H,8-10H2,1-5H3/t11-,12+/m0/s1. The quantitative estimate of drug-likeness (QED) is 0.622. The second kappa shape index (κ2) is 5.65. The molecule has 0 saturated heterocycles.